The fourth-order valence-corrected chi connectivity index (χ4v) is 3.16. The van der Waals surface area contributed by atoms with Crippen molar-refractivity contribution < 1.29 is 4.74 Å². The first-order chi connectivity index (χ1) is 8.60. The van der Waals surface area contributed by atoms with Gasteiger partial charge in [0.1, 0.15) is 5.75 Å². The van der Waals surface area contributed by atoms with Gasteiger partial charge in [-0.3, -0.25) is 4.68 Å². The largest absolute Gasteiger partial charge is 0.495 e. The molecule has 96 valence electrons. The molecule has 0 amide bonds. The van der Waals surface area contributed by atoms with Crippen LogP contribution in [0, 0.1) is 0 Å². The number of aromatic nitrogens is 2. The molecule has 0 aliphatic rings. The first-order valence-corrected chi connectivity index (χ1v) is 6.93. The molecule has 2 aromatic rings. The number of ether oxygens (including phenoxy) is 1. The van der Waals surface area contributed by atoms with Gasteiger partial charge in [0.05, 0.1) is 23.5 Å². The maximum absolute atomic E-state index is 5.40. The quantitative estimate of drug-likeness (QED) is 0.889. The summed E-state index contributed by atoms with van der Waals surface area (Å²) in [5.74, 6) is 0.842. The fourth-order valence-electron chi connectivity index (χ4n) is 1.68. The summed E-state index contributed by atoms with van der Waals surface area (Å²) in [7, 11) is 3.56. The van der Waals surface area contributed by atoms with Crippen molar-refractivity contribution in [2.45, 2.75) is 6.54 Å². The van der Waals surface area contributed by atoms with E-state index in [4.69, 9.17) is 4.74 Å². The first-order valence-electron chi connectivity index (χ1n) is 5.34. The number of halogens is 2. The van der Waals surface area contributed by atoms with Crippen LogP contribution in [0.1, 0.15) is 5.56 Å². The van der Waals surface area contributed by atoms with Gasteiger partial charge in [-0.25, -0.2) is 0 Å². The number of rotatable bonds is 4. The summed E-state index contributed by atoms with van der Waals surface area (Å²) in [6.07, 6.45) is 3.72. The number of nitrogens with zero attached hydrogens (tertiary/aromatic N) is 2. The Morgan fingerprint density at radius 1 is 1.39 bits per heavy atom. The van der Waals surface area contributed by atoms with Crippen LogP contribution in [0.2, 0.25) is 0 Å². The Morgan fingerprint density at radius 2 is 2.17 bits per heavy atom. The van der Waals surface area contributed by atoms with Gasteiger partial charge in [-0.2, -0.15) is 5.10 Å². The van der Waals surface area contributed by atoms with E-state index in [-0.39, 0.29) is 0 Å². The SMILES string of the molecule is COc1c(Br)cc(Br)cc1CNc1cnn(C)c1. The summed E-state index contributed by atoms with van der Waals surface area (Å²) < 4.78 is 9.10. The zero-order valence-electron chi connectivity index (χ0n) is 10.1. The molecule has 1 heterocycles. The highest BCUT2D eigenvalue weighted by Crippen LogP contribution is 2.33. The number of hydrogen-bond donors (Lipinski definition) is 1. The predicted molar refractivity (Wildman–Crippen MR) is 78.9 cm³/mol. The molecule has 0 atom stereocenters. The molecule has 0 spiro atoms. The van der Waals surface area contributed by atoms with Gasteiger partial charge >= 0.3 is 0 Å². The lowest BCUT2D eigenvalue weighted by molar-refractivity contribution is 0.407. The normalized spacial score (nSPS) is 10.4. The molecule has 1 N–H and O–H groups in total. The molecule has 0 radical (unpaired) electrons. The lowest BCUT2D eigenvalue weighted by Crippen LogP contribution is -2.02. The van der Waals surface area contributed by atoms with Crippen LogP contribution in [0.4, 0.5) is 5.69 Å². The highest BCUT2D eigenvalue weighted by atomic mass is 79.9. The highest BCUT2D eigenvalue weighted by Gasteiger charge is 2.09. The second-order valence-electron chi connectivity index (χ2n) is 3.84. The third kappa shape index (κ3) is 3.05. The molecule has 0 aliphatic heterocycles. The third-order valence-electron chi connectivity index (χ3n) is 2.48. The maximum atomic E-state index is 5.40. The Kier molecular flexibility index (Phi) is 4.29. The van der Waals surface area contributed by atoms with Crippen molar-refractivity contribution in [2.75, 3.05) is 12.4 Å². The predicted octanol–water partition coefficient (Wildman–Crippen LogP) is 3.57. The molecule has 0 saturated carbocycles. The van der Waals surface area contributed by atoms with Crippen molar-refractivity contribution in [1.29, 1.82) is 0 Å². The number of anilines is 1. The van der Waals surface area contributed by atoms with E-state index in [1.165, 1.54) is 0 Å². The lowest BCUT2D eigenvalue weighted by Gasteiger charge is -2.12. The zero-order chi connectivity index (χ0) is 13.1. The number of nitrogens with one attached hydrogen (secondary N) is 1. The minimum absolute atomic E-state index is 0.674. The highest BCUT2D eigenvalue weighted by molar-refractivity contribution is 9.11. The van der Waals surface area contributed by atoms with Crippen molar-refractivity contribution in [3.63, 3.8) is 0 Å². The lowest BCUT2D eigenvalue weighted by atomic mass is 10.2. The Bertz CT molecular complexity index is 554. The first kappa shape index (κ1) is 13.4. The van der Waals surface area contributed by atoms with Gasteiger partial charge in [0.15, 0.2) is 0 Å². The van der Waals surface area contributed by atoms with E-state index in [1.807, 2.05) is 25.4 Å². The summed E-state index contributed by atoms with van der Waals surface area (Å²) in [6, 6.07) is 4.00. The number of benzene rings is 1. The minimum Gasteiger partial charge on any atom is -0.495 e. The summed E-state index contributed by atoms with van der Waals surface area (Å²) in [5.41, 5.74) is 2.05. The second kappa shape index (κ2) is 5.75. The van der Waals surface area contributed by atoms with Crippen LogP contribution >= 0.6 is 31.9 Å². The summed E-state index contributed by atoms with van der Waals surface area (Å²) >= 11 is 6.97. The Labute approximate surface area is 123 Å². The van der Waals surface area contributed by atoms with Crippen molar-refractivity contribution in [3.8, 4) is 5.75 Å². The number of aryl methyl sites for hydroxylation is 1. The maximum Gasteiger partial charge on any atom is 0.138 e. The topological polar surface area (TPSA) is 39.1 Å². The van der Waals surface area contributed by atoms with Crippen molar-refractivity contribution >= 4 is 37.5 Å². The van der Waals surface area contributed by atoms with Gasteiger partial charge < -0.3 is 10.1 Å². The van der Waals surface area contributed by atoms with Gasteiger partial charge in [0.2, 0.25) is 0 Å². The van der Waals surface area contributed by atoms with Crippen LogP contribution in [0.25, 0.3) is 0 Å². The van der Waals surface area contributed by atoms with E-state index in [0.29, 0.717) is 6.54 Å². The molecule has 0 aliphatic carbocycles. The van der Waals surface area contributed by atoms with Crippen molar-refractivity contribution in [2.24, 2.45) is 7.05 Å². The fraction of sp³-hybridized carbons (Fsp3) is 0.250. The van der Waals surface area contributed by atoms with E-state index >= 15 is 0 Å². The van der Waals surface area contributed by atoms with Gasteiger partial charge in [-0.1, -0.05) is 15.9 Å². The van der Waals surface area contributed by atoms with Crippen LogP contribution in [0.3, 0.4) is 0 Å². The standard InChI is InChI=1S/C12H13Br2N3O/c1-17-7-10(6-16-17)15-5-8-3-9(13)4-11(14)12(8)18-2/h3-4,6-7,15H,5H2,1-2H3. The molecule has 18 heavy (non-hydrogen) atoms. The summed E-state index contributed by atoms with van der Waals surface area (Å²) in [4.78, 5) is 0. The molecule has 0 fully saturated rings. The average Bonchev–Trinajstić information content (AvgIpc) is 2.72. The van der Waals surface area contributed by atoms with E-state index in [9.17, 15) is 0 Å². The van der Waals surface area contributed by atoms with Crippen LogP contribution in [-0.2, 0) is 13.6 Å². The van der Waals surface area contributed by atoms with Gasteiger partial charge in [-0.15, -0.1) is 0 Å². The van der Waals surface area contributed by atoms with Crippen molar-refractivity contribution in [1.82, 2.24) is 9.78 Å². The molecular formula is C12H13Br2N3O. The third-order valence-corrected chi connectivity index (χ3v) is 3.52. The summed E-state index contributed by atoms with van der Waals surface area (Å²) in [5, 5.41) is 7.42. The van der Waals surface area contributed by atoms with E-state index < -0.39 is 0 Å². The Morgan fingerprint density at radius 3 is 2.78 bits per heavy atom. The molecular weight excluding hydrogens is 362 g/mol. The molecule has 2 rings (SSSR count). The molecule has 6 heteroatoms. The van der Waals surface area contributed by atoms with Gasteiger partial charge in [0.25, 0.3) is 0 Å². The van der Waals surface area contributed by atoms with E-state index in [1.54, 1.807) is 18.0 Å². The van der Waals surface area contributed by atoms with Crippen LogP contribution in [0.15, 0.2) is 33.5 Å². The molecule has 0 unspecified atom stereocenters. The van der Waals surface area contributed by atoms with Gasteiger partial charge in [-0.05, 0) is 28.1 Å². The van der Waals surface area contributed by atoms with E-state index in [2.05, 4.69) is 42.3 Å². The Hall–Kier alpha value is -1.01. The molecule has 1 aromatic heterocycles. The monoisotopic (exact) mass is 373 g/mol. The molecule has 1 aromatic carbocycles. The zero-order valence-corrected chi connectivity index (χ0v) is 13.2. The minimum atomic E-state index is 0.674. The Balaban J connectivity index is 2.18. The number of methoxy groups -OCH3 is 1. The molecule has 0 saturated heterocycles. The smallest absolute Gasteiger partial charge is 0.138 e. The average molecular weight is 375 g/mol. The van der Waals surface area contributed by atoms with Crippen LogP contribution in [-0.4, -0.2) is 16.9 Å². The summed E-state index contributed by atoms with van der Waals surface area (Å²) in [6.45, 7) is 0.674. The van der Waals surface area contributed by atoms with Gasteiger partial charge in [0, 0.05) is 29.8 Å². The van der Waals surface area contributed by atoms with Crippen LogP contribution < -0.4 is 10.1 Å². The van der Waals surface area contributed by atoms with E-state index in [0.717, 1.165) is 25.9 Å². The molecule has 4 nitrogen and oxygen atoms in total. The van der Waals surface area contributed by atoms with Crippen LogP contribution in [0.5, 0.6) is 5.75 Å². The van der Waals surface area contributed by atoms with Crippen molar-refractivity contribution in [3.05, 3.63) is 39.0 Å². The second-order valence-corrected chi connectivity index (χ2v) is 5.61. The number of hydrogen-bond acceptors (Lipinski definition) is 3. The molecule has 0 bridgehead atoms.